The summed E-state index contributed by atoms with van der Waals surface area (Å²) in [6, 6.07) is 0. The number of benzene rings is 1. The van der Waals surface area contributed by atoms with Crippen LogP contribution in [0.25, 0.3) is 0 Å². The molecule has 0 aliphatic rings. The molecule has 1 aromatic rings. The van der Waals surface area contributed by atoms with E-state index in [1.807, 2.05) is 20.8 Å². The van der Waals surface area contributed by atoms with Crippen molar-refractivity contribution in [3.8, 4) is 0 Å². The molecule has 18 heavy (non-hydrogen) atoms. The highest BCUT2D eigenvalue weighted by Gasteiger charge is 2.37. The summed E-state index contributed by atoms with van der Waals surface area (Å²) < 4.78 is 39.3. The van der Waals surface area contributed by atoms with E-state index in [-0.39, 0.29) is 5.41 Å². The maximum absolute atomic E-state index is 13.1. The molecule has 0 bridgehead atoms. The van der Waals surface area contributed by atoms with Crippen LogP contribution in [0.2, 0.25) is 0 Å². The maximum atomic E-state index is 13.1. The van der Waals surface area contributed by atoms with Gasteiger partial charge in [0, 0.05) is 0 Å². The molecule has 0 atom stereocenters. The second-order valence-corrected chi connectivity index (χ2v) is 6.00. The summed E-state index contributed by atoms with van der Waals surface area (Å²) in [6.45, 7) is 12.8. The zero-order chi connectivity index (χ0) is 14.5. The van der Waals surface area contributed by atoms with Crippen molar-refractivity contribution in [3.05, 3.63) is 33.4 Å². The van der Waals surface area contributed by atoms with E-state index in [1.54, 1.807) is 27.7 Å². The first-order valence-corrected chi connectivity index (χ1v) is 6.07. The Hall–Kier alpha value is -0.990. The average molecular weight is 258 g/mol. The molecule has 0 N–H and O–H groups in total. The van der Waals surface area contributed by atoms with Gasteiger partial charge in [0.1, 0.15) is 0 Å². The van der Waals surface area contributed by atoms with Crippen LogP contribution >= 0.6 is 0 Å². The largest absolute Gasteiger partial charge is 0.416 e. The molecule has 0 aliphatic heterocycles. The van der Waals surface area contributed by atoms with E-state index in [2.05, 4.69) is 0 Å². The number of rotatable bonds is 0. The molecule has 0 radical (unpaired) electrons. The van der Waals surface area contributed by atoms with Crippen molar-refractivity contribution in [3.63, 3.8) is 0 Å². The lowest BCUT2D eigenvalue weighted by Gasteiger charge is -2.29. The molecule has 0 nitrogen and oxygen atoms in total. The van der Waals surface area contributed by atoms with Crippen molar-refractivity contribution in [1.29, 1.82) is 0 Å². The summed E-state index contributed by atoms with van der Waals surface area (Å²) in [7, 11) is 0. The number of halogens is 3. The molecular weight excluding hydrogens is 237 g/mol. The highest BCUT2D eigenvalue weighted by Crippen LogP contribution is 2.41. The zero-order valence-corrected chi connectivity index (χ0v) is 12.1. The molecule has 0 unspecified atom stereocenters. The minimum absolute atomic E-state index is 0.145. The van der Waals surface area contributed by atoms with E-state index < -0.39 is 11.7 Å². The maximum Gasteiger partial charge on any atom is 0.416 e. The Balaban J connectivity index is 3.79. The summed E-state index contributed by atoms with van der Waals surface area (Å²) >= 11 is 0. The first kappa shape index (κ1) is 15.1. The third-order valence-corrected chi connectivity index (χ3v) is 3.66. The lowest BCUT2D eigenvalue weighted by Crippen LogP contribution is -2.21. The van der Waals surface area contributed by atoms with Gasteiger partial charge < -0.3 is 0 Å². The monoisotopic (exact) mass is 258 g/mol. The van der Waals surface area contributed by atoms with Gasteiger partial charge in [-0.25, -0.2) is 0 Å². The van der Waals surface area contributed by atoms with Crippen molar-refractivity contribution in [2.45, 2.75) is 60.1 Å². The molecule has 0 aromatic heterocycles. The second-order valence-electron chi connectivity index (χ2n) is 6.00. The van der Waals surface area contributed by atoms with Crippen molar-refractivity contribution in [2.75, 3.05) is 0 Å². The Morgan fingerprint density at radius 3 is 1.11 bits per heavy atom. The van der Waals surface area contributed by atoms with Gasteiger partial charge in [-0.05, 0) is 60.9 Å². The summed E-state index contributed by atoms with van der Waals surface area (Å²) in [5, 5.41) is 0. The van der Waals surface area contributed by atoms with Gasteiger partial charge in [0.25, 0.3) is 0 Å². The van der Waals surface area contributed by atoms with Gasteiger partial charge >= 0.3 is 6.18 Å². The van der Waals surface area contributed by atoms with Crippen LogP contribution in [0.3, 0.4) is 0 Å². The van der Waals surface area contributed by atoms with Gasteiger partial charge in [0.05, 0.1) is 5.56 Å². The van der Waals surface area contributed by atoms with Crippen LogP contribution in [-0.2, 0) is 11.6 Å². The average Bonchev–Trinajstić information content (AvgIpc) is 2.10. The minimum Gasteiger partial charge on any atom is -0.166 e. The minimum atomic E-state index is -4.28. The van der Waals surface area contributed by atoms with Crippen LogP contribution < -0.4 is 0 Å². The third-order valence-electron chi connectivity index (χ3n) is 3.66. The Kier molecular flexibility index (Phi) is 3.59. The van der Waals surface area contributed by atoms with Crippen LogP contribution in [0.4, 0.5) is 13.2 Å². The first-order chi connectivity index (χ1) is 7.89. The fraction of sp³-hybridized carbons (Fsp3) is 0.600. The summed E-state index contributed by atoms with van der Waals surface area (Å²) in [5.74, 6) is 0. The van der Waals surface area contributed by atoms with Gasteiger partial charge in [0.2, 0.25) is 0 Å². The van der Waals surface area contributed by atoms with Gasteiger partial charge in [0.15, 0.2) is 0 Å². The van der Waals surface area contributed by atoms with Crippen molar-refractivity contribution < 1.29 is 13.2 Å². The van der Waals surface area contributed by atoms with E-state index in [1.165, 1.54) is 0 Å². The molecule has 0 saturated carbocycles. The smallest absolute Gasteiger partial charge is 0.166 e. The van der Waals surface area contributed by atoms with Crippen LogP contribution in [0, 0.1) is 27.7 Å². The highest BCUT2D eigenvalue weighted by molar-refractivity contribution is 5.53. The molecule has 0 fully saturated rings. The zero-order valence-electron chi connectivity index (χ0n) is 12.1. The fourth-order valence-corrected chi connectivity index (χ4v) is 2.86. The quantitative estimate of drug-likeness (QED) is 0.597. The van der Waals surface area contributed by atoms with Crippen LogP contribution in [0.15, 0.2) is 0 Å². The Morgan fingerprint density at radius 2 is 0.889 bits per heavy atom. The summed E-state index contributed by atoms with van der Waals surface area (Å²) in [4.78, 5) is 0. The molecule has 1 rings (SSSR count). The third kappa shape index (κ3) is 2.40. The second kappa shape index (κ2) is 4.29. The van der Waals surface area contributed by atoms with Crippen molar-refractivity contribution in [2.24, 2.45) is 0 Å². The SMILES string of the molecule is Cc1c(C)c(C(F)(F)F)c(C)c(C)c1C(C)(C)C. The van der Waals surface area contributed by atoms with Gasteiger partial charge in [-0.1, -0.05) is 20.8 Å². The standard InChI is InChI=1S/C15H21F3/c1-8-10(3)13(15(16,17)18)11(4)9(2)12(8)14(5,6)7/h1-7H3. The van der Waals surface area contributed by atoms with Crippen LogP contribution in [-0.4, -0.2) is 0 Å². The fourth-order valence-electron chi connectivity index (χ4n) is 2.86. The number of alkyl halides is 3. The van der Waals surface area contributed by atoms with E-state index in [0.29, 0.717) is 11.1 Å². The van der Waals surface area contributed by atoms with Crippen LogP contribution in [0.5, 0.6) is 0 Å². The Morgan fingerprint density at radius 1 is 0.611 bits per heavy atom. The molecule has 3 heteroatoms. The Labute approximate surface area is 107 Å². The molecule has 0 heterocycles. The van der Waals surface area contributed by atoms with Gasteiger partial charge in [-0.2, -0.15) is 13.2 Å². The topological polar surface area (TPSA) is 0 Å². The highest BCUT2D eigenvalue weighted by atomic mass is 19.4. The predicted octanol–water partition coefficient (Wildman–Crippen LogP) is 5.24. The van der Waals surface area contributed by atoms with Gasteiger partial charge in [-0.15, -0.1) is 0 Å². The molecule has 0 aliphatic carbocycles. The lowest BCUT2D eigenvalue weighted by molar-refractivity contribution is -0.138. The molecule has 102 valence electrons. The van der Waals surface area contributed by atoms with E-state index in [9.17, 15) is 13.2 Å². The molecular formula is C15H21F3. The van der Waals surface area contributed by atoms with E-state index in [4.69, 9.17) is 0 Å². The Bertz CT molecular complexity index is 400. The van der Waals surface area contributed by atoms with Crippen molar-refractivity contribution in [1.82, 2.24) is 0 Å². The summed E-state index contributed by atoms with van der Waals surface area (Å²) in [6.07, 6.45) is -4.28. The van der Waals surface area contributed by atoms with Crippen molar-refractivity contribution >= 4 is 0 Å². The number of hydrogen-bond acceptors (Lipinski definition) is 0. The van der Waals surface area contributed by atoms with E-state index >= 15 is 0 Å². The first-order valence-electron chi connectivity index (χ1n) is 6.07. The van der Waals surface area contributed by atoms with Crippen LogP contribution in [0.1, 0.15) is 54.2 Å². The van der Waals surface area contributed by atoms with E-state index in [0.717, 1.165) is 16.7 Å². The lowest BCUT2D eigenvalue weighted by atomic mass is 9.76. The predicted molar refractivity (Wildman–Crippen MR) is 69.1 cm³/mol. The van der Waals surface area contributed by atoms with Gasteiger partial charge in [-0.3, -0.25) is 0 Å². The summed E-state index contributed by atoms with van der Waals surface area (Å²) in [5.41, 5.74) is 2.66. The normalized spacial score (nSPS) is 13.0. The molecule has 0 spiro atoms. The molecule has 0 saturated heterocycles. The molecule has 1 aromatic carbocycles. The number of hydrogen-bond donors (Lipinski definition) is 0. The molecule has 0 amide bonds.